The summed E-state index contributed by atoms with van der Waals surface area (Å²) in [6, 6.07) is 1.82. The van der Waals surface area contributed by atoms with Crippen molar-refractivity contribution >= 4 is 34.7 Å². The molecule has 0 fully saturated rings. The second-order valence-corrected chi connectivity index (χ2v) is 2.31. The van der Waals surface area contributed by atoms with Gasteiger partial charge < -0.3 is 7.59 Å². The molecule has 0 saturated heterocycles. The minimum absolute atomic E-state index is 0. The van der Waals surface area contributed by atoms with Crippen molar-refractivity contribution in [1.82, 2.24) is 0 Å². The predicted octanol–water partition coefficient (Wildman–Crippen LogP) is 2.47. The van der Waals surface area contributed by atoms with E-state index in [0.717, 1.165) is 12.1 Å². The monoisotopic (exact) mass is 204 g/mol. The fourth-order valence-corrected chi connectivity index (χ4v) is 0.878. The maximum Gasteiger partial charge on any atom is 2.00 e. The number of methoxy groups -OCH3 is 1. The Morgan fingerprint density at radius 3 is 2.50 bits per heavy atom. The summed E-state index contributed by atoms with van der Waals surface area (Å²) in [6.07, 6.45) is 0. The molecule has 1 aromatic carbocycles. The van der Waals surface area contributed by atoms with Gasteiger partial charge in [-0.3, -0.25) is 0 Å². The van der Waals surface area contributed by atoms with Crippen LogP contribution in [0.15, 0.2) is 12.1 Å². The van der Waals surface area contributed by atoms with Crippen molar-refractivity contribution in [2.45, 2.75) is 0 Å². The smallest absolute Gasteiger partial charge is 1.00 e. The first-order valence-electron chi connectivity index (χ1n) is 2.83. The van der Waals surface area contributed by atoms with Crippen molar-refractivity contribution in [3.05, 3.63) is 28.8 Å². The Kier molecular flexibility index (Phi) is 4.81. The summed E-state index contributed by atoms with van der Waals surface area (Å²) < 4.78 is 29.7. The summed E-state index contributed by atoms with van der Waals surface area (Å²) in [5.41, 5.74) is 0. The van der Waals surface area contributed by atoms with Gasteiger partial charge in [0.2, 0.25) is 0 Å². The van der Waals surface area contributed by atoms with E-state index in [9.17, 15) is 8.78 Å². The van der Waals surface area contributed by atoms with Crippen LogP contribution < -0.4 is 4.74 Å². The van der Waals surface area contributed by atoms with Crippen LogP contribution in [0, 0.1) is 11.6 Å². The second kappa shape index (κ2) is 4.84. The maximum absolute atomic E-state index is 12.8. The van der Waals surface area contributed by atoms with Crippen LogP contribution in [0.4, 0.5) is 8.78 Å². The fourth-order valence-electron chi connectivity index (χ4n) is 0.681. The quantitative estimate of drug-likeness (QED) is 0.505. The third kappa shape index (κ3) is 2.47. The number of halogens is 3. The summed E-state index contributed by atoms with van der Waals surface area (Å²) in [5, 5.41) is -0.276. The van der Waals surface area contributed by atoms with Crippen LogP contribution in [0.1, 0.15) is 2.85 Å². The van der Waals surface area contributed by atoms with E-state index in [1.165, 1.54) is 7.11 Å². The number of hydrogen-bond acceptors (Lipinski definition) is 1. The van der Waals surface area contributed by atoms with Crippen molar-refractivity contribution < 1.29 is 16.4 Å². The predicted molar refractivity (Wildman–Crippen MR) is 45.9 cm³/mol. The van der Waals surface area contributed by atoms with E-state index in [1.807, 2.05) is 0 Å². The zero-order valence-electron chi connectivity index (χ0n) is 8.40. The first-order valence-corrected chi connectivity index (χ1v) is 3.21. The van der Waals surface area contributed by atoms with Gasteiger partial charge in [0.25, 0.3) is 0 Å². The Morgan fingerprint density at radius 2 is 2.00 bits per heavy atom. The van der Waals surface area contributed by atoms with Crippen LogP contribution in [-0.4, -0.2) is 30.2 Å². The molecule has 1 nitrogen and oxygen atoms in total. The normalized spacial score (nSPS) is 9.00. The Balaban J connectivity index is -0.000000403. The zero-order chi connectivity index (χ0) is 8.43. The maximum atomic E-state index is 12.8. The van der Waals surface area contributed by atoms with Crippen LogP contribution >= 0.6 is 11.6 Å². The minimum atomic E-state index is -0.740. The zero-order valence-corrected chi connectivity index (χ0v) is 8.57. The van der Waals surface area contributed by atoms with Crippen LogP contribution in [-0.2, 0) is 0 Å². The molecule has 0 bridgehead atoms. The van der Waals surface area contributed by atoms with Gasteiger partial charge in [-0.1, -0.05) is 11.6 Å². The molecule has 0 heterocycles. The van der Waals surface area contributed by atoms with Gasteiger partial charge in [0.15, 0.2) is 11.6 Å². The molecule has 0 N–H and O–H groups in total. The first-order chi connectivity index (χ1) is 5.15. The Morgan fingerprint density at radius 1 is 1.42 bits per heavy atom. The molecule has 5 heteroatoms. The van der Waals surface area contributed by atoms with E-state index in [0.29, 0.717) is 0 Å². The average Bonchev–Trinajstić information content (AvgIpc) is 1.96. The van der Waals surface area contributed by atoms with Gasteiger partial charge in [0.1, 0.15) is 5.82 Å². The molecule has 0 atom stereocenters. The SMILES string of the molecule is COc1cc(F)cc(Cl)c1F.[H-].[H-].[Mg+2]. The summed E-state index contributed by atoms with van der Waals surface area (Å²) >= 11 is 5.30. The molecule has 1 aromatic rings. The average molecular weight is 205 g/mol. The third-order valence-corrected chi connectivity index (χ3v) is 1.45. The number of benzene rings is 1. The molecule has 0 amide bonds. The van der Waals surface area contributed by atoms with Crippen molar-refractivity contribution in [2.24, 2.45) is 0 Å². The Bertz CT molecular complexity index is 289. The van der Waals surface area contributed by atoms with Gasteiger partial charge >= 0.3 is 23.1 Å². The van der Waals surface area contributed by atoms with E-state index in [-0.39, 0.29) is 36.7 Å². The van der Waals surface area contributed by atoms with Crippen molar-refractivity contribution in [2.75, 3.05) is 7.11 Å². The molecule has 0 aliphatic rings. The molecular weight excluding hydrogens is 198 g/mol. The molecule has 0 unspecified atom stereocenters. The number of rotatable bonds is 1. The summed E-state index contributed by atoms with van der Waals surface area (Å²) in [6.45, 7) is 0. The molecule has 0 radical (unpaired) electrons. The first kappa shape index (κ1) is 11.9. The molecule has 12 heavy (non-hydrogen) atoms. The van der Waals surface area contributed by atoms with Crippen molar-refractivity contribution in [3.63, 3.8) is 0 Å². The summed E-state index contributed by atoms with van der Waals surface area (Å²) in [5.74, 6) is -1.54. The van der Waals surface area contributed by atoms with Crippen LogP contribution in [0.2, 0.25) is 5.02 Å². The van der Waals surface area contributed by atoms with E-state index < -0.39 is 11.6 Å². The second-order valence-electron chi connectivity index (χ2n) is 1.90. The van der Waals surface area contributed by atoms with Gasteiger partial charge in [-0.05, 0) is 6.07 Å². The fraction of sp³-hybridized carbons (Fsp3) is 0.143. The van der Waals surface area contributed by atoms with Gasteiger partial charge in [0, 0.05) is 6.07 Å². The summed E-state index contributed by atoms with van der Waals surface area (Å²) in [7, 11) is 1.24. The van der Waals surface area contributed by atoms with Gasteiger partial charge in [-0.15, -0.1) is 0 Å². The molecule has 0 spiro atoms. The minimum Gasteiger partial charge on any atom is -1.00 e. The Hall–Kier alpha value is -0.0638. The van der Waals surface area contributed by atoms with Crippen LogP contribution in [0.5, 0.6) is 5.75 Å². The molecule has 0 saturated carbocycles. The van der Waals surface area contributed by atoms with Crippen molar-refractivity contribution in [3.8, 4) is 5.75 Å². The molecule has 0 aliphatic carbocycles. The van der Waals surface area contributed by atoms with Crippen molar-refractivity contribution in [1.29, 1.82) is 0 Å². The van der Waals surface area contributed by atoms with E-state index in [2.05, 4.69) is 4.74 Å². The molecule has 64 valence electrons. The topological polar surface area (TPSA) is 9.23 Å². The molecular formula is C7H7ClF2MgO. The van der Waals surface area contributed by atoms with E-state index >= 15 is 0 Å². The van der Waals surface area contributed by atoms with Gasteiger partial charge in [-0.2, -0.15) is 0 Å². The summed E-state index contributed by atoms with van der Waals surface area (Å²) in [4.78, 5) is 0. The number of ether oxygens (including phenoxy) is 1. The van der Waals surface area contributed by atoms with Gasteiger partial charge in [-0.25, -0.2) is 8.78 Å². The number of hydrogen-bond donors (Lipinski definition) is 0. The van der Waals surface area contributed by atoms with E-state index in [4.69, 9.17) is 11.6 Å². The third-order valence-electron chi connectivity index (χ3n) is 1.18. The molecule has 0 aliphatic heterocycles. The Labute approximate surface area is 92.8 Å². The van der Waals surface area contributed by atoms with Crippen LogP contribution in [0.25, 0.3) is 0 Å². The van der Waals surface area contributed by atoms with E-state index in [1.54, 1.807) is 0 Å². The molecule has 0 aromatic heterocycles. The largest absolute Gasteiger partial charge is 2.00 e. The van der Waals surface area contributed by atoms with Gasteiger partial charge in [0.05, 0.1) is 12.1 Å². The van der Waals surface area contributed by atoms with Crippen LogP contribution in [0.3, 0.4) is 0 Å². The standard InChI is InChI=1S/C7H5ClF2O.Mg.2H/c1-11-6-3-4(9)2-5(8)7(6)10;;;/h2-3H,1H3;;;/q;+2;2*-1. The molecule has 1 rings (SSSR count).